The lowest BCUT2D eigenvalue weighted by Gasteiger charge is -2.29. The third-order valence-electron chi connectivity index (χ3n) is 7.25. The third kappa shape index (κ3) is 5.31. The molecule has 4 aliphatic rings. The number of allylic oxidation sites excluding steroid dienone is 3. The van der Waals surface area contributed by atoms with Crippen LogP contribution >= 0.6 is 0 Å². The molecule has 0 saturated carbocycles. The molecule has 0 radical (unpaired) electrons. The van der Waals surface area contributed by atoms with Crippen LogP contribution in [0.2, 0.25) is 0 Å². The van der Waals surface area contributed by atoms with Gasteiger partial charge in [-0.05, 0) is 48.6 Å². The summed E-state index contributed by atoms with van der Waals surface area (Å²) in [6.07, 6.45) is 2.65. The summed E-state index contributed by atoms with van der Waals surface area (Å²) in [6, 6.07) is 0. The molecule has 2 N–H and O–H groups in total. The fourth-order valence-corrected chi connectivity index (χ4v) is 5.19. The molecule has 7 nitrogen and oxygen atoms in total. The number of halogens is 3. The molecule has 1 unspecified atom stereocenters. The van der Waals surface area contributed by atoms with Crippen molar-refractivity contribution in [1.82, 2.24) is 15.4 Å². The van der Waals surface area contributed by atoms with E-state index in [4.69, 9.17) is 9.26 Å². The molecule has 5 rings (SSSR count). The molecule has 1 atom stereocenters. The number of alkyl halides is 3. The first-order chi connectivity index (χ1) is 17.5. The fraction of sp³-hybridized carbons (Fsp3) is 0.481. The summed E-state index contributed by atoms with van der Waals surface area (Å²) >= 11 is 0. The van der Waals surface area contributed by atoms with Gasteiger partial charge >= 0.3 is 6.18 Å². The van der Waals surface area contributed by atoms with Crippen LogP contribution in [-0.2, 0) is 4.74 Å². The molecule has 1 aromatic heterocycles. The van der Waals surface area contributed by atoms with E-state index in [1.807, 2.05) is 24.5 Å². The molecule has 3 heterocycles. The number of carbonyl (C=O) groups is 1. The Morgan fingerprint density at radius 2 is 2.00 bits per heavy atom. The number of nitrogens with one attached hydrogen (secondary N) is 1. The van der Waals surface area contributed by atoms with Crippen molar-refractivity contribution in [2.75, 3.05) is 33.3 Å². The Labute approximate surface area is 212 Å². The van der Waals surface area contributed by atoms with Crippen LogP contribution in [0.3, 0.4) is 0 Å². The van der Waals surface area contributed by atoms with Gasteiger partial charge in [-0.1, -0.05) is 42.3 Å². The van der Waals surface area contributed by atoms with Gasteiger partial charge in [0.1, 0.15) is 18.4 Å². The monoisotopic (exact) mass is 517 g/mol. The Bertz CT molecular complexity index is 1370. The van der Waals surface area contributed by atoms with Gasteiger partial charge in [-0.15, -0.1) is 0 Å². The third-order valence-corrected chi connectivity index (χ3v) is 7.25. The predicted molar refractivity (Wildman–Crippen MR) is 131 cm³/mol. The second-order valence-corrected chi connectivity index (χ2v) is 10.3. The molecular formula is C27H30F3N3O4. The van der Waals surface area contributed by atoms with E-state index in [9.17, 15) is 23.1 Å². The van der Waals surface area contributed by atoms with Crippen molar-refractivity contribution in [1.29, 1.82) is 0 Å². The average molecular weight is 518 g/mol. The van der Waals surface area contributed by atoms with Gasteiger partial charge in [-0.25, -0.2) is 0 Å². The van der Waals surface area contributed by atoms with E-state index in [1.54, 1.807) is 6.08 Å². The van der Waals surface area contributed by atoms with Crippen molar-refractivity contribution < 1.29 is 32.3 Å². The summed E-state index contributed by atoms with van der Waals surface area (Å²) in [4.78, 5) is 15.1. The van der Waals surface area contributed by atoms with E-state index in [2.05, 4.69) is 23.9 Å². The molecule has 2 aliphatic heterocycles. The van der Waals surface area contributed by atoms with E-state index in [0.29, 0.717) is 30.2 Å². The van der Waals surface area contributed by atoms with Crippen molar-refractivity contribution in [3.8, 4) is 0 Å². The second-order valence-electron chi connectivity index (χ2n) is 10.3. The molecule has 10 heteroatoms. The van der Waals surface area contributed by atoms with Crippen LogP contribution in [0, 0.1) is 5.92 Å². The van der Waals surface area contributed by atoms with Gasteiger partial charge in [0, 0.05) is 25.1 Å². The first-order valence-electron chi connectivity index (χ1n) is 12.4. The van der Waals surface area contributed by atoms with Crippen molar-refractivity contribution >= 4 is 17.1 Å². The van der Waals surface area contributed by atoms with Crippen LogP contribution in [0.15, 0.2) is 50.8 Å². The molecule has 1 fully saturated rings. The predicted octanol–water partition coefficient (Wildman–Crippen LogP) is 3.06. The number of rotatable bonds is 4. The minimum absolute atomic E-state index is 0.0193. The Balaban J connectivity index is 1.66. The first kappa shape index (κ1) is 25.5. The number of epoxide rings is 1. The standard InChI is InChI=1S/C27H30F3N3O4/c1-14(2)18-9-20(21(34)10-19(18)22-12-36-22)25-23(24(32-37-25)26(35)31-13-27(28,29)30)16-4-5-17-11-33(3)7-6-15(17)8-16/h4-5,10,14,22,34H,6-9,11-13H2,1-3H3,(H,31,35). The lowest BCUT2D eigenvalue weighted by molar-refractivity contribution is -0.123. The summed E-state index contributed by atoms with van der Waals surface area (Å²) < 4.78 is 49.6. The zero-order valence-electron chi connectivity index (χ0n) is 21.0. The smallest absolute Gasteiger partial charge is 0.405 e. The summed E-state index contributed by atoms with van der Waals surface area (Å²) in [5.74, 6) is -0.833. The van der Waals surface area contributed by atoms with Crippen molar-refractivity contribution in [3.05, 3.63) is 62.6 Å². The zero-order valence-corrected chi connectivity index (χ0v) is 21.0. The molecule has 0 aromatic carbocycles. The number of ether oxygens (including phenoxy) is 1. The summed E-state index contributed by atoms with van der Waals surface area (Å²) in [5.41, 5.74) is 5.59. The van der Waals surface area contributed by atoms with Crippen LogP contribution in [-0.4, -0.2) is 66.6 Å². The van der Waals surface area contributed by atoms with E-state index in [0.717, 1.165) is 36.2 Å². The van der Waals surface area contributed by atoms with E-state index in [1.165, 1.54) is 11.1 Å². The van der Waals surface area contributed by atoms with E-state index in [-0.39, 0.29) is 28.9 Å². The van der Waals surface area contributed by atoms with Gasteiger partial charge in [0.15, 0.2) is 11.1 Å². The van der Waals surface area contributed by atoms with Crippen molar-refractivity contribution in [2.45, 2.75) is 45.4 Å². The number of aliphatic hydroxyl groups excluding tert-OH is 1. The molecular weight excluding hydrogens is 487 g/mol. The molecule has 1 saturated heterocycles. The molecule has 1 amide bonds. The van der Waals surface area contributed by atoms with Crippen LogP contribution < -0.4 is 16.0 Å². The lowest BCUT2D eigenvalue weighted by atomic mass is 9.84. The first-order valence-corrected chi connectivity index (χ1v) is 12.4. The largest absolute Gasteiger partial charge is 0.508 e. The Hall–Kier alpha value is -3.11. The summed E-state index contributed by atoms with van der Waals surface area (Å²) in [7, 11) is 2.05. The maximum Gasteiger partial charge on any atom is 0.405 e. The molecule has 0 bridgehead atoms. The number of nitrogens with zero attached hydrogens (tertiary/aromatic N) is 2. The number of aliphatic hydroxyl groups is 1. The second kappa shape index (κ2) is 9.64. The molecule has 37 heavy (non-hydrogen) atoms. The van der Waals surface area contributed by atoms with Gasteiger partial charge in [0.05, 0.1) is 11.8 Å². The van der Waals surface area contributed by atoms with Gasteiger partial charge in [-0.3, -0.25) is 4.79 Å². The van der Waals surface area contributed by atoms with Gasteiger partial charge in [-0.2, -0.15) is 13.2 Å². The van der Waals surface area contributed by atoms with E-state index >= 15 is 0 Å². The number of carbonyl (C=O) groups excluding carboxylic acids is 1. The highest BCUT2D eigenvalue weighted by molar-refractivity contribution is 5.93. The number of aromatic nitrogens is 1. The minimum atomic E-state index is -4.56. The maximum atomic E-state index is 12.9. The van der Waals surface area contributed by atoms with Gasteiger partial charge < -0.3 is 24.6 Å². The topological polar surface area (TPSA) is 91.1 Å². The van der Waals surface area contributed by atoms with Gasteiger partial charge in [0.25, 0.3) is 5.91 Å². The highest BCUT2D eigenvalue weighted by atomic mass is 19.4. The van der Waals surface area contributed by atoms with E-state index < -0.39 is 18.6 Å². The van der Waals surface area contributed by atoms with Crippen molar-refractivity contribution in [3.63, 3.8) is 0 Å². The minimum Gasteiger partial charge on any atom is -0.508 e. The molecule has 1 aromatic rings. The SMILES string of the molecule is CC(C)C1=C(C2CO2)C=C(O)C(=c2onc(C(=O)NCC(F)(F)F)c2=C2C=CC3=C(CCN(C)C3)C2)C1. The summed E-state index contributed by atoms with van der Waals surface area (Å²) in [5, 5.41) is 17.2. The lowest BCUT2D eigenvalue weighted by Crippen LogP contribution is -2.39. The van der Waals surface area contributed by atoms with Crippen LogP contribution in [0.1, 0.15) is 43.6 Å². The average Bonchev–Trinajstić information content (AvgIpc) is 3.60. The Morgan fingerprint density at radius 3 is 2.68 bits per heavy atom. The van der Waals surface area contributed by atoms with Crippen LogP contribution in [0.25, 0.3) is 11.1 Å². The number of amides is 1. The number of likely N-dealkylation sites (N-methyl/N-ethyl adjacent to an activating group) is 1. The Kier molecular flexibility index (Phi) is 6.66. The molecule has 198 valence electrons. The fourth-order valence-electron chi connectivity index (χ4n) is 5.19. The number of hydrogen-bond donors (Lipinski definition) is 2. The molecule has 2 aliphatic carbocycles. The van der Waals surface area contributed by atoms with Gasteiger partial charge in [0.2, 0.25) is 0 Å². The normalized spacial score (nSPS) is 25.5. The maximum absolute atomic E-state index is 12.9. The molecule has 0 spiro atoms. The van der Waals surface area contributed by atoms with Crippen molar-refractivity contribution in [2.24, 2.45) is 5.92 Å². The highest BCUT2D eigenvalue weighted by Crippen LogP contribution is 2.37. The van der Waals surface area contributed by atoms with Crippen LogP contribution in [0.5, 0.6) is 0 Å². The zero-order chi connectivity index (χ0) is 26.5. The van der Waals surface area contributed by atoms with Crippen LogP contribution in [0.4, 0.5) is 13.2 Å². The quantitative estimate of drug-likeness (QED) is 0.597. The highest BCUT2D eigenvalue weighted by Gasteiger charge is 2.34. The number of hydrogen-bond acceptors (Lipinski definition) is 6. The summed E-state index contributed by atoms with van der Waals surface area (Å²) in [6.45, 7) is 4.92. The Morgan fingerprint density at radius 1 is 1.27 bits per heavy atom.